The summed E-state index contributed by atoms with van der Waals surface area (Å²) in [6.07, 6.45) is 4.85. The Kier molecular flexibility index (Phi) is 5.25. The average Bonchev–Trinajstić information content (AvgIpc) is 3.45. The maximum atomic E-state index is 12.6. The number of hydrogen-bond donors (Lipinski definition) is 2. The van der Waals surface area contributed by atoms with Crippen LogP contribution in [0.5, 0.6) is 5.88 Å². The SMILES string of the molecule is CC(C)[C@@H](CC(N)=O)NC(=O)c1ccc(C2CC2)c(OCC2CC2)n1. The van der Waals surface area contributed by atoms with Gasteiger partial charge in [-0.1, -0.05) is 19.9 Å². The predicted octanol–water partition coefficient (Wildman–Crippen LogP) is 2.38. The van der Waals surface area contributed by atoms with Crippen LogP contribution in [0.15, 0.2) is 12.1 Å². The Bertz CT molecular complexity index is 651. The molecule has 2 aliphatic carbocycles. The number of nitrogens with one attached hydrogen (secondary N) is 1. The van der Waals surface area contributed by atoms with E-state index in [9.17, 15) is 9.59 Å². The van der Waals surface area contributed by atoms with Crippen molar-refractivity contribution in [1.29, 1.82) is 0 Å². The Morgan fingerprint density at radius 3 is 2.56 bits per heavy atom. The van der Waals surface area contributed by atoms with E-state index in [1.165, 1.54) is 12.8 Å². The van der Waals surface area contributed by atoms with Crippen LogP contribution in [0, 0.1) is 11.8 Å². The Morgan fingerprint density at radius 1 is 1.28 bits per heavy atom. The van der Waals surface area contributed by atoms with Gasteiger partial charge >= 0.3 is 0 Å². The summed E-state index contributed by atoms with van der Waals surface area (Å²) in [4.78, 5) is 28.2. The molecule has 1 atom stereocenters. The summed E-state index contributed by atoms with van der Waals surface area (Å²) in [5.41, 5.74) is 6.71. The van der Waals surface area contributed by atoms with Gasteiger partial charge in [-0.3, -0.25) is 9.59 Å². The van der Waals surface area contributed by atoms with Gasteiger partial charge in [0, 0.05) is 18.0 Å². The van der Waals surface area contributed by atoms with Crippen molar-refractivity contribution < 1.29 is 14.3 Å². The van der Waals surface area contributed by atoms with Crippen molar-refractivity contribution in [3.63, 3.8) is 0 Å². The molecule has 2 fully saturated rings. The van der Waals surface area contributed by atoms with Crippen molar-refractivity contribution in [2.24, 2.45) is 17.6 Å². The number of carbonyl (C=O) groups is 2. The van der Waals surface area contributed by atoms with Gasteiger partial charge in [0.05, 0.1) is 6.61 Å². The van der Waals surface area contributed by atoms with E-state index in [4.69, 9.17) is 10.5 Å². The first-order valence-corrected chi connectivity index (χ1v) is 9.17. The van der Waals surface area contributed by atoms with Gasteiger partial charge in [0.15, 0.2) is 0 Å². The number of rotatable bonds is 9. The molecule has 1 heterocycles. The molecule has 3 N–H and O–H groups in total. The van der Waals surface area contributed by atoms with E-state index in [0.29, 0.717) is 30.0 Å². The maximum Gasteiger partial charge on any atom is 0.270 e. The topological polar surface area (TPSA) is 94.3 Å². The smallest absolute Gasteiger partial charge is 0.270 e. The van der Waals surface area contributed by atoms with E-state index >= 15 is 0 Å². The lowest BCUT2D eigenvalue weighted by molar-refractivity contribution is -0.118. The van der Waals surface area contributed by atoms with E-state index < -0.39 is 5.91 Å². The third kappa shape index (κ3) is 4.94. The number of hydrogen-bond acceptors (Lipinski definition) is 4. The normalized spacial score (nSPS) is 18.0. The monoisotopic (exact) mass is 345 g/mol. The number of carbonyl (C=O) groups excluding carboxylic acids is 2. The zero-order chi connectivity index (χ0) is 18.0. The number of nitrogens with two attached hydrogens (primary N) is 1. The third-order valence-electron chi connectivity index (χ3n) is 4.83. The standard InChI is InChI=1S/C19H27N3O3/c1-11(2)16(9-17(20)23)21-18(24)15-8-7-14(13-5-6-13)19(22-15)25-10-12-3-4-12/h7-8,11-13,16H,3-6,9-10H2,1-2H3,(H2,20,23)(H,21,24)/t16-/m1/s1. The van der Waals surface area contributed by atoms with Crippen LogP contribution in [0.2, 0.25) is 0 Å². The van der Waals surface area contributed by atoms with Crippen LogP contribution < -0.4 is 15.8 Å². The maximum absolute atomic E-state index is 12.6. The predicted molar refractivity (Wildman–Crippen MR) is 94.3 cm³/mol. The number of ether oxygens (including phenoxy) is 1. The van der Waals surface area contributed by atoms with Crippen molar-refractivity contribution in [1.82, 2.24) is 10.3 Å². The number of primary amides is 1. The molecule has 0 unspecified atom stereocenters. The second-order valence-corrected chi connectivity index (χ2v) is 7.61. The Labute approximate surface area is 148 Å². The van der Waals surface area contributed by atoms with Crippen LogP contribution in [0.25, 0.3) is 0 Å². The zero-order valence-electron chi connectivity index (χ0n) is 15.0. The molecule has 1 aromatic heterocycles. The molecule has 3 rings (SSSR count). The van der Waals surface area contributed by atoms with Crippen LogP contribution >= 0.6 is 0 Å². The van der Waals surface area contributed by atoms with E-state index in [1.807, 2.05) is 19.9 Å². The van der Waals surface area contributed by atoms with E-state index in [0.717, 1.165) is 18.4 Å². The largest absolute Gasteiger partial charge is 0.477 e. The second kappa shape index (κ2) is 7.42. The summed E-state index contributed by atoms with van der Waals surface area (Å²) >= 11 is 0. The molecule has 136 valence electrons. The van der Waals surface area contributed by atoms with E-state index in [-0.39, 0.29) is 24.3 Å². The molecule has 2 saturated carbocycles. The van der Waals surface area contributed by atoms with Crippen molar-refractivity contribution in [3.05, 3.63) is 23.4 Å². The van der Waals surface area contributed by atoms with Crippen molar-refractivity contribution >= 4 is 11.8 Å². The Balaban J connectivity index is 1.72. The summed E-state index contributed by atoms with van der Waals surface area (Å²) in [5.74, 6) is 1.12. The van der Waals surface area contributed by atoms with Gasteiger partial charge in [0.25, 0.3) is 5.91 Å². The summed E-state index contributed by atoms with van der Waals surface area (Å²) < 4.78 is 5.90. The molecule has 0 spiro atoms. The molecule has 2 aliphatic rings. The number of nitrogens with zero attached hydrogens (tertiary/aromatic N) is 1. The number of pyridine rings is 1. The highest BCUT2D eigenvalue weighted by Crippen LogP contribution is 2.44. The van der Waals surface area contributed by atoms with Crippen molar-refractivity contribution in [3.8, 4) is 5.88 Å². The lowest BCUT2D eigenvalue weighted by Crippen LogP contribution is -2.41. The number of aromatic nitrogens is 1. The highest BCUT2D eigenvalue weighted by atomic mass is 16.5. The Morgan fingerprint density at radius 2 is 2.00 bits per heavy atom. The van der Waals surface area contributed by atoms with Gasteiger partial charge in [-0.25, -0.2) is 4.98 Å². The summed E-state index contributed by atoms with van der Waals surface area (Å²) in [6, 6.07) is 3.40. The molecule has 1 aromatic rings. The molecule has 0 saturated heterocycles. The first kappa shape index (κ1) is 17.7. The lowest BCUT2D eigenvalue weighted by Gasteiger charge is -2.21. The van der Waals surface area contributed by atoms with Gasteiger partial charge in [-0.15, -0.1) is 0 Å². The average molecular weight is 345 g/mol. The molecule has 2 amide bonds. The van der Waals surface area contributed by atoms with Crippen LogP contribution in [-0.4, -0.2) is 29.4 Å². The Hall–Kier alpha value is -2.11. The highest BCUT2D eigenvalue weighted by Gasteiger charge is 2.30. The third-order valence-corrected chi connectivity index (χ3v) is 4.83. The molecular weight excluding hydrogens is 318 g/mol. The molecule has 25 heavy (non-hydrogen) atoms. The van der Waals surface area contributed by atoms with E-state index in [2.05, 4.69) is 10.3 Å². The van der Waals surface area contributed by atoms with Gasteiger partial charge in [-0.2, -0.15) is 0 Å². The van der Waals surface area contributed by atoms with Gasteiger partial charge in [-0.05, 0) is 49.5 Å². The molecule has 6 heteroatoms. The minimum Gasteiger partial charge on any atom is -0.477 e. The minimum absolute atomic E-state index is 0.104. The van der Waals surface area contributed by atoms with Crippen LogP contribution in [0.4, 0.5) is 0 Å². The van der Waals surface area contributed by atoms with Gasteiger partial charge < -0.3 is 15.8 Å². The first-order chi connectivity index (χ1) is 11.9. The molecule has 0 aromatic carbocycles. The minimum atomic E-state index is -0.426. The molecular formula is C19H27N3O3. The van der Waals surface area contributed by atoms with Gasteiger partial charge in [0.1, 0.15) is 5.69 Å². The summed E-state index contributed by atoms with van der Waals surface area (Å²) in [5, 5.41) is 2.88. The van der Waals surface area contributed by atoms with Crippen LogP contribution in [-0.2, 0) is 4.79 Å². The quantitative estimate of drug-likeness (QED) is 0.718. The lowest BCUT2D eigenvalue weighted by atomic mass is 10.0. The molecule has 0 bridgehead atoms. The van der Waals surface area contributed by atoms with E-state index in [1.54, 1.807) is 6.07 Å². The molecule has 0 aliphatic heterocycles. The van der Waals surface area contributed by atoms with Crippen LogP contribution in [0.1, 0.15) is 67.9 Å². The highest BCUT2D eigenvalue weighted by molar-refractivity contribution is 5.93. The fourth-order valence-electron chi connectivity index (χ4n) is 2.79. The second-order valence-electron chi connectivity index (χ2n) is 7.61. The zero-order valence-corrected chi connectivity index (χ0v) is 15.0. The molecule has 0 radical (unpaired) electrons. The summed E-state index contributed by atoms with van der Waals surface area (Å²) in [6.45, 7) is 4.57. The fourth-order valence-corrected chi connectivity index (χ4v) is 2.79. The number of amides is 2. The molecule has 6 nitrogen and oxygen atoms in total. The fraction of sp³-hybridized carbons (Fsp3) is 0.632. The van der Waals surface area contributed by atoms with Gasteiger partial charge in [0.2, 0.25) is 11.8 Å². The van der Waals surface area contributed by atoms with Crippen LogP contribution in [0.3, 0.4) is 0 Å². The summed E-state index contributed by atoms with van der Waals surface area (Å²) in [7, 11) is 0. The first-order valence-electron chi connectivity index (χ1n) is 9.17. The van der Waals surface area contributed by atoms with Crippen molar-refractivity contribution in [2.45, 2.75) is 57.9 Å². The van der Waals surface area contributed by atoms with Crippen molar-refractivity contribution in [2.75, 3.05) is 6.61 Å².